The molecule has 1 atom stereocenters. The maximum atomic E-state index is 6.30. The summed E-state index contributed by atoms with van der Waals surface area (Å²) in [5.74, 6) is 5.71. The van der Waals surface area contributed by atoms with Crippen molar-refractivity contribution in [3.05, 3.63) is 69.7 Å². The molecule has 2 aromatic rings. The highest BCUT2D eigenvalue weighted by Gasteiger charge is 2.12. The Hall–Kier alpha value is -1.35. The molecule has 0 aromatic heterocycles. The number of hydrogen-bond acceptors (Lipinski definition) is 2. The van der Waals surface area contributed by atoms with Crippen molar-refractivity contribution in [3.8, 4) is 0 Å². The highest BCUT2D eigenvalue weighted by molar-refractivity contribution is 6.31. The molecule has 3 heteroatoms. The Kier molecular flexibility index (Phi) is 5.18. The van der Waals surface area contributed by atoms with Gasteiger partial charge in [-0.25, -0.2) is 0 Å². The third-order valence-corrected chi connectivity index (χ3v) is 3.99. The summed E-state index contributed by atoms with van der Waals surface area (Å²) in [7, 11) is 0. The van der Waals surface area contributed by atoms with E-state index in [1.54, 1.807) is 0 Å². The predicted molar refractivity (Wildman–Crippen MR) is 85.9 cm³/mol. The molecule has 0 aliphatic heterocycles. The third kappa shape index (κ3) is 3.83. The van der Waals surface area contributed by atoms with Gasteiger partial charge in [-0.2, -0.15) is 0 Å². The van der Waals surface area contributed by atoms with E-state index in [0.29, 0.717) is 0 Å². The fourth-order valence-electron chi connectivity index (χ4n) is 2.38. The van der Waals surface area contributed by atoms with Crippen LogP contribution < -0.4 is 11.3 Å². The molecule has 106 valence electrons. The molecule has 0 heterocycles. The molecule has 0 fully saturated rings. The standard InChI is InChI=1S/C17H21ClN2/c1-12-7-8-15(17(18)9-12)11-16(20-19)10-14-6-4-3-5-13(14)2/h3-9,16,20H,10-11,19H2,1-2H3. The van der Waals surface area contributed by atoms with Crippen LogP contribution in [0.15, 0.2) is 42.5 Å². The number of hydrazine groups is 1. The fourth-order valence-corrected chi connectivity index (χ4v) is 2.69. The van der Waals surface area contributed by atoms with Crippen LogP contribution in [0.5, 0.6) is 0 Å². The molecule has 3 N–H and O–H groups in total. The molecule has 0 aliphatic rings. The predicted octanol–water partition coefficient (Wildman–Crippen LogP) is 3.57. The number of halogens is 1. The average molecular weight is 289 g/mol. The van der Waals surface area contributed by atoms with Crippen molar-refractivity contribution >= 4 is 11.6 Å². The lowest BCUT2D eigenvalue weighted by molar-refractivity contribution is 0.521. The van der Waals surface area contributed by atoms with Crippen molar-refractivity contribution in [3.63, 3.8) is 0 Å². The van der Waals surface area contributed by atoms with Crippen LogP contribution in [0.3, 0.4) is 0 Å². The molecule has 2 rings (SSSR count). The minimum absolute atomic E-state index is 0.177. The summed E-state index contributed by atoms with van der Waals surface area (Å²) < 4.78 is 0. The Morgan fingerprint density at radius 2 is 1.75 bits per heavy atom. The van der Waals surface area contributed by atoms with Gasteiger partial charge in [-0.1, -0.05) is 48.0 Å². The van der Waals surface area contributed by atoms with Gasteiger partial charge in [-0.05, 0) is 55.0 Å². The van der Waals surface area contributed by atoms with Crippen LogP contribution in [0.1, 0.15) is 22.3 Å². The lowest BCUT2D eigenvalue weighted by atomic mass is 9.96. The second-order valence-corrected chi connectivity index (χ2v) is 5.70. The maximum Gasteiger partial charge on any atom is 0.0441 e. The molecule has 1 unspecified atom stereocenters. The summed E-state index contributed by atoms with van der Waals surface area (Å²) >= 11 is 6.30. The van der Waals surface area contributed by atoms with Gasteiger partial charge in [-0.15, -0.1) is 0 Å². The Balaban J connectivity index is 2.11. The first-order chi connectivity index (χ1) is 9.60. The molecule has 0 bridgehead atoms. The van der Waals surface area contributed by atoms with Gasteiger partial charge in [0.1, 0.15) is 0 Å². The molecule has 20 heavy (non-hydrogen) atoms. The van der Waals surface area contributed by atoms with Crippen LogP contribution in [0.4, 0.5) is 0 Å². The van der Waals surface area contributed by atoms with Crippen molar-refractivity contribution in [1.29, 1.82) is 0 Å². The SMILES string of the molecule is Cc1ccc(CC(Cc2ccccc2C)NN)c(Cl)c1. The molecule has 0 aliphatic carbocycles. The first-order valence-electron chi connectivity index (χ1n) is 6.86. The number of aryl methyl sites for hydroxylation is 2. The number of nitrogens with one attached hydrogen (secondary N) is 1. The van der Waals surface area contributed by atoms with E-state index >= 15 is 0 Å². The van der Waals surface area contributed by atoms with E-state index in [9.17, 15) is 0 Å². The molecule has 0 radical (unpaired) electrons. The Labute approximate surface area is 125 Å². The Morgan fingerprint density at radius 1 is 1.05 bits per heavy atom. The van der Waals surface area contributed by atoms with Crippen molar-refractivity contribution in [1.82, 2.24) is 5.43 Å². The summed E-state index contributed by atoms with van der Waals surface area (Å²) in [5, 5.41) is 0.815. The van der Waals surface area contributed by atoms with Gasteiger partial charge in [0.2, 0.25) is 0 Å². The van der Waals surface area contributed by atoms with E-state index in [4.69, 9.17) is 17.4 Å². The number of benzene rings is 2. The van der Waals surface area contributed by atoms with Gasteiger partial charge in [-0.3, -0.25) is 11.3 Å². The van der Waals surface area contributed by atoms with Crippen LogP contribution >= 0.6 is 11.6 Å². The summed E-state index contributed by atoms with van der Waals surface area (Å²) in [4.78, 5) is 0. The monoisotopic (exact) mass is 288 g/mol. The summed E-state index contributed by atoms with van der Waals surface area (Å²) in [6.45, 7) is 4.17. The topological polar surface area (TPSA) is 38.0 Å². The molecule has 0 saturated heterocycles. The van der Waals surface area contributed by atoms with Gasteiger partial charge in [0, 0.05) is 11.1 Å². The van der Waals surface area contributed by atoms with Crippen molar-refractivity contribution < 1.29 is 0 Å². The zero-order valence-corrected chi connectivity index (χ0v) is 12.7. The van der Waals surface area contributed by atoms with E-state index in [1.807, 2.05) is 13.0 Å². The third-order valence-electron chi connectivity index (χ3n) is 3.64. The van der Waals surface area contributed by atoms with Crippen molar-refractivity contribution in [2.45, 2.75) is 32.7 Å². The highest BCUT2D eigenvalue weighted by Crippen LogP contribution is 2.20. The van der Waals surface area contributed by atoms with E-state index in [0.717, 1.165) is 23.4 Å². The molecular weight excluding hydrogens is 268 g/mol. The average Bonchev–Trinajstić information content (AvgIpc) is 2.43. The molecule has 0 saturated carbocycles. The quantitative estimate of drug-likeness (QED) is 0.652. The largest absolute Gasteiger partial charge is 0.271 e. The van der Waals surface area contributed by atoms with E-state index in [1.165, 1.54) is 16.7 Å². The molecule has 2 nitrogen and oxygen atoms in total. The molecule has 2 aromatic carbocycles. The normalized spacial score (nSPS) is 12.4. The van der Waals surface area contributed by atoms with E-state index in [-0.39, 0.29) is 6.04 Å². The second-order valence-electron chi connectivity index (χ2n) is 5.29. The first kappa shape index (κ1) is 15.0. The summed E-state index contributed by atoms with van der Waals surface area (Å²) in [5.41, 5.74) is 7.83. The summed E-state index contributed by atoms with van der Waals surface area (Å²) in [6, 6.07) is 14.7. The van der Waals surface area contributed by atoms with Crippen LogP contribution in [0.25, 0.3) is 0 Å². The lowest BCUT2D eigenvalue weighted by Crippen LogP contribution is -2.38. The fraction of sp³-hybridized carbons (Fsp3) is 0.294. The van der Waals surface area contributed by atoms with Crippen LogP contribution in [0, 0.1) is 13.8 Å². The minimum atomic E-state index is 0.177. The zero-order chi connectivity index (χ0) is 14.5. The van der Waals surface area contributed by atoms with Gasteiger partial charge >= 0.3 is 0 Å². The number of nitrogens with two attached hydrogens (primary N) is 1. The van der Waals surface area contributed by atoms with Gasteiger partial charge in [0.25, 0.3) is 0 Å². The lowest BCUT2D eigenvalue weighted by Gasteiger charge is -2.18. The van der Waals surface area contributed by atoms with Gasteiger partial charge in [0.05, 0.1) is 0 Å². The summed E-state index contributed by atoms with van der Waals surface area (Å²) in [6.07, 6.45) is 1.72. The van der Waals surface area contributed by atoms with Crippen LogP contribution in [-0.4, -0.2) is 6.04 Å². The van der Waals surface area contributed by atoms with Crippen molar-refractivity contribution in [2.24, 2.45) is 5.84 Å². The Morgan fingerprint density at radius 3 is 2.40 bits per heavy atom. The maximum absolute atomic E-state index is 6.30. The van der Waals surface area contributed by atoms with Crippen LogP contribution in [0.2, 0.25) is 5.02 Å². The Bertz CT molecular complexity index is 581. The number of hydrogen-bond donors (Lipinski definition) is 2. The smallest absolute Gasteiger partial charge is 0.0441 e. The minimum Gasteiger partial charge on any atom is -0.271 e. The second kappa shape index (κ2) is 6.89. The van der Waals surface area contributed by atoms with Crippen LogP contribution in [-0.2, 0) is 12.8 Å². The van der Waals surface area contributed by atoms with E-state index < -0.39 is 0 Å². The van der Waals surface area contributed by atoms with E-state index in [2.05, 4.69) is 48.7 Å². The molecule has 0 spiro atoms. The zero-order valence-electron chi connectivity index (χ0n) is 12.0. The van der Waals surface area contributed by atoms with Gasteiger partial charge in [0.15, 0.2) is 0 Å². The highest BCUT2D eigenvalue weighted by atomic mass is 35.5. The van der Waals surface area contributed by atoms with Gasteiger partial charge < -0.3 is 0 Å². The van der Waals surface area contributed by atoms with Crippen molar-refractivity contribution in [2.75, 3.05) is 0 Å². The number of rotatable bonds is 5. The molecular formula is C17H21ClN2. The first-order valence-corrected chi connectivity index (χ1v) is 7.23. The molecule has 0 amide bonds.